The molecule has 0 aliphatic carbocycles. The molecule has 1 amide bonds. The zero-order valence-corrected chi connectivity index (χ0v) is 12.3. The van der Waals surface area contributed by atoms with Gasteiger partial charge in [0.1, 0.15) is 30.1 Å². The van der Waals surface area contributed by atoms with E-state index >= 15 is 0 Å². The second-order valence-corrected chi connectivity index (χ2v) is 5.02. The Labute approximate surface area is 130 Å². The van der Waals surface area contributed by atoms with Gasteiger partial charge in [0, 0.05) is 31.5 Å². The van der Waals surface area contributed by atoms with E-state index in [1.165, 1.54) is 22.2 Å². The smallest absolute Gasteiger partial charge is 0.227 e. The molecule has 0 saturated heterocycles. The van der Waals surface area contributed by atoms with Crippen LogP contribution in [0.1, 0.15) is 25.3 Å². The fraction of sp³-hybridized carbons (Fsp3) is 0.267. The molecule has 120 valence electrons. The van der Waals surface area contributed by atoms with Crippen molar-refractivity contribution in [1.29, 1.82) is 0 Å². The molecule has 1 aromatic carbocycles. The van der Waals surface area contributed by atoms with Crippen LogP contribution in [0, 0.1) is 17.5 Å². The third kappa shape index (κ3) is 2.60. The van der Waals surface area contributed by atoms with Gasteiger partial charge in [-0.2, -0.15) is 5.10 Å². The highest BCUT2D eigenvalue weighted by Gasteiger charge is 2.31. The van der Waals surface area contributed by atoms with Crippen LogP contribution in [0.25, 0.3) is 11.4 Å². The summed E-state index contributed by atoms with van der Waals surface area (Å²) in [7, 11) is 0. The lowest BCUT2D eigenvalue weighted by Crippen LogP contribution is -2.34. The number of amides is 1. The van der Waals surface area contributed by atoms with E-state index in [2.05, 4.69) is 10.1 Å². The van der Waals surface area contributed by atoms with E-state index in [1.54, 1.807) is 6.92 Å². The predicted molar refractivity (Wildman–Crippen MR) is 76.1 cm³/mol. The molecule has 0 bridgehead atoms. The van der Waals surface area contributed by atoms with E-state index in [4.69, 9.17) is 0 Å². The van der Waals surface area contributed by atoms with Crippen molar-refractivity contribution in [3.63, 3.8) is 0 Å². The first-order valence-electron chi connectivity index (χ1n) is 7.06. The predicted octanol–water partition coefficient (Wildman–Crippen LogP) is 2.66. The lowest BCUT2D eigenvalue weighted by atomic mass is 10.00. The molecule has 0 N–H and O–H groups in total. The summed E-state index contributed by atoms with van der Waals surface area (Å²) in [4.78, 5) is 17.2. The van der Waals surface area contributed by atoms with Crippen molar-refractivity contribution in [2.24, 2.45) is 0 Å². The van der Waals surface area contributed by atoms with Gasteiger partial charge in [0.2, 0.25) is 5.91 Å². The van der Waals surface area contributed by atoms with E-state index in [0.717, 1.165) is 0 Å². The highest BCUT2D eigenvalue weighted by Crippen LogP contribution is 2.36. The number of carbonyl (C=O) groups is 1. The Morgan fingerprint density at radius 2 is 1.87 bits per heavy atom. The topological polar surface area (TPSA) is 51.0 Å². The minimum absolute atomic E-state index is 0.0595. The lowest BCUT2D eigenvalue weighted by molar-refractivity contribution is -0.128. The van der Waals surface area contributed by atoms with E-state index in [0.29, 0.717) is 17.8 Å². The molecule has 3 rings (SSSR count). The molecule has 0 radical (unpaired) electrons. The molecule has 2 heterocycles. The van der Waals surface area contributed by atoms with Crippen LogP contribution in [0.5, 0.6) is 0 Å². The quantitative estimate of drug-likeness (QED) is 0.873. The minimum Gasteiger partial charge on any atom is -0.310 e. The molecular weight excluding hydrogens is 309 g/mol. The second kappa shape index (κ2) is 5.86. The third-order valence-corrected chi connectivity index (χ3v) is 3.68. The van der Waals surface area contributed by atoms with E-state index in [-0.39, 0.29) is 31.0 Å². The average molecular weight is 322 g/mol. The van der Waals surface area contributed by atoms with E-state index < -0.39 is 23.0 Å². The zero-order chi connectivity index (χ0) is 16.6. The van der Waals surface area contributed by atoms with Crippen molar-refractivity contribution in [3.8, 4) is 0 Å². The molecule has 8 heteroatoms. The summed E-state index contributed by atoms with van der Waals surface area (Å²) in [5, 5.41) is 3.98. The van der Waals surface area contributed by atoms with Crippen LogP contribution in [0.3, 0.4) is 0 Å². The summed E-state index contributed by atoms with van der Waals surface area (Å²) < 4.78 is 43.1. The number of nitrogens with zero attached hydrogens (tertiary/aromatic N) is 4. The van der Waals surface area contributed by atoms with E-state index in [9.17, 15) is 18.0 Å². The first-order valence-corrected chi connectivity index (χ1v) is 7.06. The van der Waals surface area contributed by atoms with Gasteiger partial charge in [-0.15, -0.1) is 0 Å². The van der Waals surface area contributed by atoms with Crippen molar-refractivity contribution in [3.05, 3.63) is 47.8 Å². The lowest BCUT2D eigenvalue weighted by Gasteiger charge is -2.31. The van der Waals surface area contributed by atoms with Crippen LogP contribution in [0.2, 0.25) is 0 Å². The Morgan fingerprint density at radius 1 is 1.17 bits per heavy atom. The Hall–Kier alpha value is -2.64. The zero-order valence-electron chi connectivity index (χ0n) is 12.3. The van der Waals surface area contributed by atoms with Crippen LogP contribution < -0.4 is 0 Å². The molecule has 0 fully saturated rings. The second-order valence-electron chi connectivity index (χ2n) is 5.02. The van der Waals surface area contributed by atoms with Crippen molar-refractivity contribution >= 4 is 17.3 Å². The summed E-state index contributed by atoms with van der Waals surface area (Å²) in [6.07, 6.45) is 3.12. The summed E-state index contributed by atoms with van der Waals surface area (Å²) in [6, 6.07) is 1.19. The van der Waals surface area contributed by atoms with Gasteiger partial charge in [-0.05, 0) is 6.92 Å². The van der Waals surface area contributed by atoms with Gasteiger partial charge in [-0.1, -0.05) is 0 Å². The molecule has 1 aromatic heterocycles. The van der Waals surface area contributed by atoms with Gasteiger partial charge in [0.15, 0.2) is 0 Å². The Morgan fingerprint density at radius 3 is 2.43 bits per heavy atom. The first-order chi connectivity index (χ1) is 11.0. The molecule has 0 saturated carbocycles. The van der Waals surface area contributed by atoms with Crippen LogP contribution in [0.4, 0.5) is 13.2 Å². The van der Waals surface area contributed by atoms with Gasteiger partial charge in [0.05, 0.1) is 17.0 Å². The highest BCUT2D eigenvalue weighted by atomic mass is 19.1. The summed E-state index contributed by atoms with van der Waals surface area (Å²) in [5.41, 5.74) is 0.0596. The monoisotopic (exact) mass is 322 g/mol. The van der Waals surface area contributed by atoms with Gasteiger partial charge in [-0.25, -0.2) is 22.8 Å². The van der Waals surface area contributed by atoms with Crippen molar-refractivity contribution in [2.75, 3.05) is 6.54 Å². The summed E-state index contributed by atoms with van der Waals surface area (Å²) >= 11 is 0. The standard InChI is InChI=1S/C15H13F3N4O/c1-2-21-13(23)4-3-12(22-8-19-7-20-22)15(21)14-10(17)5-9(16)6-11(14)18/h5-8H,2-4H2,1H3. The first kappa shape index (κ1) is 15.3. The fourth-order valence-electron chi connectivity index (χ4n) is 2.71. The molecular formula is C15H13F3N4O. The maximum absolute atomic E-state index is 14.3. The molecule has 0 atom stereocenters. The maximum atomic E-state index is 14.3. The number of carbonyl (C=O) groups excluding carboxylic acids is 1. The molecule has 0 unspecified atom stereocenters. The number of benzene rings is 1. The number of rotatable bonds is 3. The Balaban J connectivity index is 2.30. The van der Waals surface area contributed by atoms with Crippen LogP contribution in [0.15, 0.2) is 24.8 Å². The number of aromatic nitrogens is 3. The van der Waals surface area contributed by atoms with Gasteiger partial charge >= 0.3 is 0 Å². The van der Waals surface area contributed by atoms with E-state index in [1.807, 2.05) is 0 Å². The van der Waals surface area contributed by atoms with Crippen molar-refractivity contribution < 1.29 is 18.0 Å². The highest BCUT2D eigenvalue weighted by molar-refractivity contribution is 5.97. The SMILES string of the molecule is CCN1C(=O)CCC(n2cncn2)=C1c1c(F)cc(F)cc1F. The van der Waals surface area contributed by atoms with Crippen molar-refractivity contribution in [1.82, 2.24) is 19.7 Å². The molecule has 5 nitrogen and oxygen atoms in total. The average Bonchev–Trinajstić information content (AvgIpc) is 3.00. The maximum Gasteiger partial charge on any atom is 0.227 e. The summed E-state index contributed by atoms with van der Waals surface area (Å²) in [5.74, 6) is -3.40. The Bertz CT molecular complexity index is 763. The van der Waals surface area contributed by atoms with Gasteiger partial charge in [-0.3, -0.25) is 4.79 Å². The largest absolute Gasteiger partial charge is 0.310 e. The Kier molecular flexibility index (Phi) is 3.89. The molecule has 1 aliphatic rings. The number of halogens is 3. The molecule has 23 heavy (non-hydrogen) atoms. The van der Waals surface area contributed by atoms with Crippen molar-refractivity contribution in [2.45, 2.75) is 19.8 Å². The van der Waals surface area contributed by atoms with Gasteiger partial charge in [0.25, 0.3) is 0 Å². The minimum atomic E-state index is -1.07. The third-order valence-electron chi connectivity index (χ3n) is 3.68. The number of hydrogen-bond acceptors (Lipinski definition) is 3. The molecule has 2 aromatic rings. The fourth-order valence-corrected chi connectivity index (χ4v) is 2.71. The van der Waals surface area contributed by atoms with Crippen LogP contribution in [-0.4, -0.2) is 32.1 Å². The van der Waals surface area contributed by atoms with Crippen LogP contribution in [-0.2, 0) is 4.79 Å². The normalized spacial score (nSPS) is 15.5. The number of allylic oxidation sites excluding steroid dienone is 1. The number of hydrogen-bond donors (Lipinski definition) is 0. The molecule has 1 aliphatic heterocycles. The molecule has 0 spiro atoms. The summed E-state index contributed by atoms with van der Waals surface area (Å²) in [6.45, 7) is 1.92. The van der Waals surface area contributed by atoms with Gasteiger partial charge < -0.3 is 4.90 Å². The van der Waals surface area contributed by atoms with Crippen LogP contribution >= 0.6 is 0 Å².